The Morgan fingerprint density at radius 1 is 1.14 bits per heavy atom. The first-order valence-electron chi connectivity index (χ1n) is 13.6. The second-order valence-electron chi connectivity index (χ2n) is 11.1. The Labute approximate surface area is 248 Å². The number of carbonyl (C=O) groups excluding carboxylic acids is 1. The Hall–Kier alpha value is -3.17. The average Bonchev–Trinajstić information content (AvgIpc) is 3.01. The summed E-state index contributed by atoms with van der Waals surface area (Å²) in [4.78, 5) is 16.1. The molecule has 0 radical (unpaired) electrons. The maximum absolute atomic E-state index is 15.8. The molecule has 1 aromatic heterocycles. The zero-order chi connectivity index (χ0) is 32.7. The summed E-state index contributed by atoms with van der Waals surface area (Å²) in [7, 11) is -4.04. The summed E-state index contributed by atoms with van der Waals surface area (Å²) in [5, 5.41) is 0. The zero-order valence-corrected chi connectivity index (χ0v) is 24.5. The number of hydrogen-bond donors (Lipinski definition) is 0. The van der Waals surface area contributed by atoms with Crippen molar-refractivity contribution in [3.63, 3.8) is 0 Å². The van der Waals surface area contributed by atoms with Crippen molar-refractivity contribution in [2.45, 2.75) is 86.5 Å². The van der Waals surface area contributed by atoms with Gasteiger partial charge in [0.2, 0.25) is 27.2 Å². The molecule has 0 bridgehead atoms. The molecule has 0 N–H and O–H groups in total. The molecule has 244 valence electrons. The van der Waals surface area contributed by atoms with Gasteiger partial charge in [-0.05, 0) is 38.3 Å². The molecule has 2 aromatic rings. The summed E-state index contributed by atoms with van der Waals surface area (Å²) in [5.41, 5.74) is -5.09. The topological polar surface area (TPSA) is 85.8 Å². The molecule has 44 heavy (non-hydrogen) atoms. The standard InChI is InChI=1S/C28H30F8N2O5S/c1-26(30,31)8-5-16-14-38(18-6-9-27(32,33)10-7-18)20-12-19(28(34,35)36)21(13-22(20)44(40,41)24(16)29)43-15-17-4-3-11-37-23(17)25(39)42-2/h3-4,11-13,16,18,24H,5-10,14-15H2,1-2H3/t16-,24+/m0/s1. The van der Waals surface area contributed by atoms with Crippen molar-refractivity contribution in [2.75, 3.05) is 18.6 Å². The van der Waals surface area contributed by atoms with E-state index in [-0.39, 0.29) is 24.1 Å². The van der Waals surface area contributed by atoms with Crippen LogP contribution in [0.1, 0.15) is 67.1 Å². The van der Waals surface area contributed by atoms with E-state index in [9.17, 15) is 43.9 Å². The van der Waals surface area contributed by atoms with E-state index in [1.165, 1.54) is 18.3 Å². The Balaban J connectivity index is 1.84. The number of rotatable bonds is 8. The van der Waals surface area contributed by atoms with Gasteiger partial charge < -0.3 is 14.4 Å². The van der Waals surface area contributed by atoms with Gasteiger partial charge in [0.15, 0.2) is 5.69 Å². The number of sulfone groups is 1. The monoisotopic (exact) mass is 658 g/mol. The number of aromatic nitrogens is 1. The van der Waals surface area contributed by atoms with E-state index in [1.807, 2.05) is 0 Å². The predicted octanol–water partition coefficient (Wildman–Crippen LogP) is 6.98. The van der Waals surface area contributed by atoms with Crippen molar-refractivity contribution in [1.82, 2.24) is 4.98 Å². The molecule has 1 fully saturated rings. The van der Waals surface area contributed by atoms with E-state index < -0.39 is 112 Å². The van der Waals surface area contributed by atoms with Crippen molar-refractivity contribution >= 4 is 21.5 Å². The lowest BCUT2D eigenvalue weighted by Gasteiger charge is -2.39. The quantitative estimate of drug-likeness (QED) is 0.223. The van der Waals surface area contributed by atoms with Gasteiger partial charge in [-0.25, -0.2) is 40.1 Å². The summed E-state index contributed by atoms with van der Waals surface area (Å²) in [5.74, 6) is -9.87. The molecule has 2 aliphatic rings. The van der Waals surface area contributed by atoms with Gasteiger partial charge in [-0.2, -0.15) is 13.2 Å². The van der Waals surface area contributed by atoms with Gasteiger partial charge in [0.05, 0.1) is 23.3 Å². The minimum atomic E-state index is -5.13. The molecule has 2 heterocycles. The number of fused-ring (bicyclic) bond motifs is 1. The van der Waals surface area contributed by atoms with Crippen LogP contribution in [-0.4, -0.2) is 56.4 Å². The lowest BCUT2D eigenvalue weighted by molar-refractivity contribution is -0.139. The molecule has 16 heteroatoms. The fourth-order valence-electron chi connectivity index (χ4n) is 5.49. The smallest absolute Gasteiger partial charge is 0.420 e. The highest BCUT2D eigenvalue weighted by molar-refractivity contribution is 7.92. The van der Waals surface area contributed by atoms with E-state index >= 15 is 4.39 Å². The number of halogens is 8. The maximum Gasteiger partial charge on any atom is 0.420 e. The average molecular weight is 659 g/mol. The minimum Gasteiger partial charge on any atom is -0.488 e. The molecule has 1 aliphatic carbocycles. The first-order valence-corrected chi connectivity index (χ1v) is 15.2. The van der Waals surface area contributed by atoms with Crippen LogP contribution in [0.5, 0.6) is 5.75 Å². The Morgan fingerprint density at radius 2 is 1.80 bits per heavy atom. The first-order chi connectivity index (χ1) is 20.3. The fraction of sp³-hybridized carbons (Fsp3) is 0.571. The number of nitrogens with zero attached hydrogens (tertiary/aromatic N) is 2. The molecule has 7 nitrogen and oxygen atoms in total. The number of benzene rings is 1. The van der Waals surface area contributed by atoms with Crippen LogP contribution in [0.4, 0.5) is 40.8 Å². The van der Waals surface area contributed by atoms with E-state index in [1.54, 1.807) is 0 Å². The molecule has 0 spiro atoms. The van der Waals surface area contributed by atoms with Gasteiger partial charge in [-0.3, -0.25) is 0 Å². The third kappa shape index (κ3) is 7.37. The fourth-order valence-corrected chi connectivity index (χ4v) is 7.20. The number of alkyl halides is 8. The van der Waals surface area contributed by atoms with Crippen LogP contribution in [0, 0.1) is 5.92 Å². The molecule has 1 saturated carbocycles. The lowest BCUT2D eigenvalue weighted by Crippen LogP contribution is -2.44. The van der Waals surface area contributed by atoms with Gasteiger partial charge in [0.1, 0.15) is 12.4 Å². The maximum atomic E-state index is 15.8. The Bertz CT molecular complexity index is 1470. The summed E-state index contributed by atoms with van der Waals surface area (Å²) in [6, 6.07) is 2.75. The summed E-state index contributed by atoms with van der Waals surface area (Å²) < 4.78 is 151. The summed E-state index contributed by atoms with van der Waals surface area (Å²) in [6.07, 6.45) is -7.24. The minimum absolute atomic E-state index is 0.000962. The molecule has 2 atom stereocenters. The zero-order valence-electron chi connectivity index (χ0n) is 23.6. The highest BCUT2D eigenvalue weighted by Gasteiger charge is 2.47. The Morgan fingerprint density at radius 3 is 2.39 bits per heavy atom. The van der Waals surface area contributed by atoms with Crippen LogP contribution in [0.25, 0.3) is 0 Å². The summed E-state index contributed by atoms with van der Waals surface area (Å²) >= 11 is 0. The molecular formula is C28H30F8N2O5S. The molecule has 0 amide bonds. The van der Waals surface area contributed by atoms with Crippen molar-refractivity contribution in [3.05, 3.63) is 47.3 Å². The highest BCUT2D eigenvalue weighted by atomic mass is 32.2. The van der Waals surface area contributed by atoms with Crippen LogP contribution in [0.3, 0.4) is 0 Å². The lowest BCUT2D eigenvalue weighted by atomic mass is 9.89. The number of ether oxygens (including phenoxy) is 2. The highest BCUT2D eigenvalue weighted by Crippen LogP contribution is 2.48. The van der Waals surface area contributed by atoms with Crippen molar-refractivity contribution in [1.29, 1.82) is 0 Å². The first kappa shape index (κ1) is 33.7. The number of methoxy groups -OCH3 is 1. The van der Waals surface area contributed by atoms with E-state index in [2.05, 4.69) is 9.72 Å². The number of anilines is 1. The Kier molecular flexibility index (Phi) is 9.44. The number of pyridine rings is 1. The van der Waals surface area contributed by atoms with E-state index in [4.69, 9.17) is 4.74 Å². The van der Waals surface area contributed by atoms with Crippen molar-refractivity contribution in [2.24, 2.45) is 5.92 Å². The van der Waals surface area contributed by atoms with Crippen LogP contribution < -0.4 is 9.64 Å². The summed E-state index contributed by atoms with van der Waals surface area (Å²) in [6.45, 7) is -0.724. The molecular weight excluding hydrogens is 628 g/mol. The normalized spacial score (nSPS) is 22.2. The number of esters is 1. The van der Waals surface area contributed by atoms with Gasteiger partial charge in [-0.1, -0.05) is 6.07 Å². The van der Waals surface area contributed by atoms with Crippen LogP contribution in [-0.2, 0) is 27.4 Å². The molecule has 1 aromatic carbocycles. The number of carbonyl (C=O) groups is 1. The molecule has 0 unspecified atom stereocenters. The second-order valence-corrected chi connectivity index (χ2v) is 13.1. The third-order valence-corrected chi connectivity index (χ3v) is 9.73. The second kappa shape index (κ2) is 12.3. The number of hydrogen-bond acceptors (Lipinski definition) is 7. The third-order valence-electron chi connectivity index (χ3n) is 7.82. The van der Waals surface area contributed by atoms with Gasteiger partial charge in [0, 0.05) is 55.6 Å². The van der Waals surface area contributed by atoms with Crippen LogP contribution >= 0.6 is 0 Å². The van der Waals surface area contributed by atoms with Crippen molar-refractivity contribution < 1.29 is 57.8 Å². The molecule has 0 saturated heterocycles. The largest absolute Gasteiger partial charge is 0.488 e. The predicted molar refractivity (Wildman–Crippen MR) is 141 cm³/mol. The molecule has 1 aliphatic heterocycles. The van der Waals surface area contributed by atoms with Gasteiger partial charge >= 0.3 is 12.1 Å². The molecule has 4 rings (SSSR count). The van der Waals surface area contributed by atoms with Crippen LogP contribution in [0.2, 0.25) is 0 Å². The van der Waals surface area contributed by atoms with E-state index in [0.717, 1.165) is 12.0 Å². The van der Waals surface area contributed by atoms with Gasteiger partial charge in [-0.15, -0.1) is 0 Å². The van der Waals surface area contributed by atoms with Crippen LogP contribution in [0.15, 0.2) is 35.4 Å². The van der Waals surface area contributed by atoms with Gasteiger partial charge in [0.25, 0.3) is 0 Å². The van der Waals surface area contributed by atoms with Crippen molar-refractivity contribution in [3.8, 4) is 5.75 Å². The van der Waals surface area contributed by atoms with E-state index in [0.29, 0.717) is 19.1 Å². The SMILES string of the molecule is COC(=O)c1ncccc1COc1cc2c(cc1C(F)(F)F)N(C1CCC(F)(F)CC1)C[C@H](CCC(C)(F)F)[C@H](F)S2(=O)=O.